The summed E-state index contributed by atoms with van der Waals surface area (Å²) in [6, 6.07) is 4.08. The Hall–Kier alpha value is -1.88. The van der Waals surface area contributed by atoms with Crippen LogP contribution < -0.4 is 19.5 Å². The van der Waals surface area contributed by atoms with Gasteiger partial charge in [-0.2, -0.15) is 0 Å². The molecule has 0 aliphatic rings. The maximum atomic E-state index is 5.36. The quantitative estimate of drug-likeness (QED) is 0.531. The summed E-state index contributed by atoms with van der Waals surface area (Å²) in [5.41, 5.74) is 1.08. The molecule has 0 heterocycles. The van der Waals surface area contributed by atoms with Crippen LogP contribution in [0.1, 0.15) is 24.9 Å². The Balaban J connectivity index is 2.75. The van der Waals surface area contributed by atoms with Crippen LogP contribution in [0.25, 0.3) is 0 Å². The standard InChI is InChI=1S/C16H25NO4/c1-6-21-9-7-8-17-12(2)13-10-14(18-3)16(20-5)15(11-13)19-4/h6,10-12,17H,1,7-9H2,2-5H3. The van der Waals surface area contributed by atoms with E-state index < -0.39 is 0 Å². The topological polar surface area (TPSA) is 49.0 Å². The van der Waals surface area contributed by atoms with E-state index in [-0.39, 0.29) is 6.04 Å². The molecule has 0 aliphatic carbocycles. The molecule has 1 atom stereocenters. The summed E-state index contributed by atoms with van der Waals surface area (Å²) >= 11 is 0. The molecule has 0 amide bonds. The van der Waals surface area contributed by atoms with Crippen LogP contribution in [0.2, 0.25) is 0 Å². The van der Waals surface area contributed by atoms with Crippen molar-refractivity contribution in [1.82, 2.24) is 5.32 Å². The summed E-state index contributed by atoms with van der Waals surface area (Å²) in [5.74, 6) is 1.93. The fourth-order valence-electron chi connectivity index (χ4n) is 2.03. The van der Waals surface area contributed by atoms with Gasteiger partial charge in [0.2, 0.25) is 5.75 Å². The number of nitrogens with one attached hydrogen (secondary N) is 1. The molecule has 0 spiro atoms. The molecule has 1 unspecified atom stereocenters. The molecule has 0 radical (unpaired) electrons. The second-order valence-corrected chi connectivity index (χ2v) is 4.53. The van der Waals surface area contributed by atoms with E-state index in [0.717, 1.165) is 18.5 Å². The summed E-state index contributed by atoms with van der Waals surface area (Å²) < 4.78 is 21.1. The third-order valence-corrected chi connectivity index (χ3v) is 3.19. The fraction of sp³-hybridized carbons (Fsp3) is 0.500. The smallest absolute Gasteiger partial charge is 0.203 e. The Morgan fingerprint density at radius 1 is 1.14 bits per heavy atom. The van der Waals surface area contributed by atoms with Crippen LogP contribution in [0.3, 0.4) is 0 Å². The Kier molecular flexibility index (Phi) is 7.46. The van der Waals surface area contributed by atoms with Crippen molar-refractivity contribution in [3.8, 4) is 17.2 Å². The van der Waals surface area contributed by atoms with Gasteiger partial charge in [-0.15, -0.1) is 0 Å². The van der Waals surface area contributed by atoms with Crippen LogP contribution in [0, 0.1) is 0 Å². The lowest BCUT2D eigenvalue weighted by molar-refractivity contribution is 0.243. The van der Waals surface area contributed by atoms with E-state index in [2.05, 4.69) is 18.8 Å². The van der Waals surface area contributed by atoms with Crippen LogP contribution in [0.5, 0.6) is 17.2 Å². The monoisotopic (exact) mass is 295 g/mol. The lowest BCUT2D eigenvalue weighted by atomic mass is 10.1. The Morgan fingerprint density at radius 2 is 1.76 bits per heavy atom. The zero-order chi connectivity index (χ0) is 15.7. The first-order valence-electron chi connectivity index (χ1n) is 6.93. The number of methoxy groups -OCH3 is 3. The van der Waals surface area contributed by atoms with E-state index in [9.17, 15) is 0 Å². The van der Waals surface area contributed by atoms with Crippen molar-refractivity contribution < 1.29 is 18.9 Å². The van der Waals surface area contributed by atoms with E-state index in [0.29, 0.717) is 23.9 Å². The van der Waals surface area contributed by atoms with Gasteiger partial charge in [0.05, 0.1) is 34.2 Å². The summed E-state index contributed by atoms with van der Waals surface area (Å²) in [7, 11) is 4.83. The molecule has 0 bridgehead atoms. The molecule has 118 valence electrons. The molecule has 1 N–H and O–H groups in total. The largest absolute Gasteiger partial charge is 0.502 e. The molecular formula is C16H25NO4. The van der Waals surface area contributed by atoms with Crippen LogP contribution in [0.4, 0.5) is 0 Å². The van der Waals surface area contributed by atoms with Gasteiger partial charge in [0.1, 0.15) is 0 Å². The van der Waals surface area contributed by atoms with Crippen molar-refractivity contribution >= 4 is 0 Å². The third-order valence-electron chi connectivity index (χ3n) is 3.19. The van der Waals surface area contributed by atoms with Gasteiger partial charge < -0.3 is 24.3 Å². The molecule has 0 saturated heterocycles. The molecule has 1 aromatic rings. The van der Waals surface area contributed by atoms with Crippen molar-refractivity contribution in [2.75, 3.05) is 34.5 Å². The van der Waals surface area contributed by atoms with Gasteiger partial charge in [0.25, 0.3) is 0 Å². The number of rotatable bonds is 10. The van der Waals surface area contributed by atoms with E-state index >= 15 is 0 Å². The molecule has 0 aliphatic heterocycles. The number of benzene rings is 1. The maximum absolute atomic E-state index is 5.36. The summed E-state index contributed by atoms with van der Waals surface area (Å²) in [6.45, 7) is 7.12. The van der Waals surface area contributed by atoms with E-state index in [1.165, 1.54) is 6.26 Å². The van der Waals surface area contributed by atoms with Gasteiger partial charge >= 0.3 is 0 Å². The summed E-state index contributed by atoms with van der Waals surface area (Å²) in [4.78, 5) is 0. The third kappa shape index (κ3) is 4.86. The molecule has 5 nitrogen and oxygen atoms in total. The molecule has 1 aromatic carbocycles. The Bertz CT molecular complexity index is 423. The van der Waals surface area contributed by atoms with Crippen molar-refractivity contribution in [2.45, 2.75) is 19.4 Å². The normalized spacial score (nSPS) is 11.6. The first kappa shape index (κ1) is 17.2. The van der Waals surface area contributed by atoms with E-state index in [1.807, 2.05) is 12.1 Å². The number of hydrogen-bond donors (Lipinski definition) is 1. The molecular weight excluding hydrogens is 270 g/mol. The SMILES string of the molecule is C=COCCCNC(C)c1cc(OC)c(OC)c(OC)c1. The molecule has 0 fully saturated rings. The van der Waals surface area contributed by atoms with Gasteiger partial charge in [-0.3, -0.25) is 0 Å². The summed E-state index contributed by atoms with van der Waals surface area (Å²) in [6.07, 6.45) is 2.38. The second kappa shape index (κ2) is 9.13. The molecule has 0 aromatic heterocycles. The zero-order valence-corrected chi connectivity index (χ0v) is 13.3. The lowest BCUT2D eigenvalue weighted by Gasteiger charge is -2.18. The summed E-state index contributed by atoms with van der Waals surface area (Å²) in [5, 5.41) is 3.43. The van der Waals surface area contributed by atoms with Gasteiger partial charge in [-0.05, 0) is 37.6 Å². The predicted molar refractivity (Wildman–Crippen MR) is 83.3 cm³/mol. The average Bonchev–Trinajstić information content (AvgIpc) is 2.52. The average molecular weight is 295 g/mol. The lowest BCUT2D eigenvalue weighted by Crippen LogP contribution is -2.21. The minimum Gasteiger partial charge on any atom is -0.502 e. The second-order valence-electron chi connectivity index (χ2n) is 4.53. The first-order valence-corrected chi connectivity index (χ1v) is 6.93. The number of hydrogen-bond acceptors (Lipinski definition) is 5. The highest BCUT2D eigenvalue weighted by molar-refractivity contribution is 5.54. The highest BCUT2D eigenvalue weighted by atomic mass is 16.5. The minimum atomic E-state index is 0.169. The van der Waals surface area contributed by atoms with Crippen LogP contribution in [0.15, 0.2) is 25.0 Å². The Labute approximate surface area is 126 Å². The van der Waals surface area contributed by atoms with Crippen molar-refractivity contribution in [3.63, 3.8) is 0 Å². The molecule has 21 heavy (non-hydrogen) atoms. The molecule has 0 saturated carbocycles. The van der Waals surface area contributed by atoms with Gasteiger partial charge in [-0.25, -0.2) is 0 Å². The van der Waals surface area contributed by atoms with Crippen LogP contribution >= 0.6 is 0 Å². The number of ether oxygens (including phenoxy) is 4. The molecule has 1 rings (SSSR count). The highest BCUT2D eigenvalue weighted by Crippen LogP contribution is 2.39. The van der Waals surface area contributed by atoms with E-state index in [4.69, 9.17) is 18.9 Å². The Morgan fingerprint density at radius 3 is 2.24 bits per heavy atom. The minimum absolute atomic E-state index is 0.169. The van der Waals surface area contributed by atoms with Crippen LogP contribution in [-0.4, -0.2) is 34.5 Å². The highest BCUT2D eigenvalue weighted by Gasteiger charge is 2.15. The zero-order valence-electron chi connectivity index (χ0n) is 13.3. The molecule has 5 heteroatoms. The predicted octanol–water partition coefficient (Wildman–Crippen LogP) is 2.91. The van der Waals surface area contributed by atoms with Gasteiger partial charge in [0.15, 0.2) is 11.5 Å². The van der Waals surface area contributed by atoms with Crippen molar-refractivity contribution in [3.05, 3.63) is 30.5 Å². The van der Waals surface area contributed by atoms with Crippen molar-refractivity contribution in [1.29, 1.82) is 0 Å². The van der Waals surface area contributed by atoms with Gasteiger partial charge in [0, 0.05) is 6.04 Å². The van der Waals surface area contributed by atoms with Crippen molar-refractivity contribution in [2.24, 2.45) is 0 Å². The van der Waals surface area contributed by atoms with Crippen LogP contribution in [-0.2, 0) is 4.74 Å². The van der Waals surface area contributed by atoms with E-state index in [1.54, 1.807) is 21.3 Å². The maximum Gasteiger partial charge on any atom is 0.203 e. The van der Waals surface area contributed by atoms with Gasteiger partial charge in [-0.1, -0.05) is 6.58 Å². The first-order chi connectivity index (χ1) is 10.2. The fourth-order valence-corrected chi connectivity index (χ4v) is 2.03.